The van der Waals surface area contributed by atoms with Crippen LogP contribution in [0.1, 0.15) is 74.3 Å². The molecule has 326 valence electrons. The molecule has 0 atom stereocenters. The third-order valence-electron chi connectivity index (χ3n) is 12.0. The maximum absolute atomic E-state index is 16.7. The fourth-order valence-corrected chi connectivity index (χ4v) is 12.9. The fraction of sp³-hybridized carbons (Fsp3) is 0.0154. The summed E-state index contributed by atoms with van der Waals surface area (Å²) in [6.45, 7) is 0. The topological polar surface area (TPSA) is 34.1 Å². The number of fused-ring (bicyclic) bond motifs is 12. The highest BCUT2D eigenvalue weighted by molar-refractivity contribution is 7.85. The van der Waals surface area contributed by atoms with Crippen LogP contribution in [0.25, 0.3) is 55.3 Å². The highest BCUT2D eigenvalue weighted by Crippen LogP contribution is 2.64. The molecule has 0 fully saturated rings. The molecule has 0 bridgehead atoms. The zero-order valence-corrected chi connectivity index (χ0v) is 36.5. The third-order valence-corrected chi connectivity index (χ3v) is 17.1. The molecule has 69 heavy (non-hydrogen) atoms. The summed E-state index contributed by atoms with van der Waals surface area (Å²) in [4.78, 5) is 0. The standard InChI is InChI=1S/C65H44O2P2/c66-68(50-18-5-1-6-19-50,51-20-7-2-8-21-51)54-36-29-45(30-37-54)48-33-40-57-58-41-34-49(46-31-38-55(39-32-46)69(67,52-22-9-3-10-23-52)53-24-11-4-12-25-53)44-63(58)65(62(57)43-48)60-28-16-15-27-59(60)64-56-26-14-13-17-47(56)35-42-61(64)65/h1-44H/i1D,2D,3D,4D,5D,6D,7D,8D,9D,10D,11D,12D,13D,14D,15D,16D,17D,18D,19D,20D,21D,22D,23D,24D,25D,26D,27D,28D,29D,30D,31D,32D,35D,36D,37D,38D,39D,42D. The molecule has 2 nitrogen and oxygen atoms in total. The lowest BCUT2D eigenvalue weighted by atomic mass is 9.69. The Morgan fingerprint density at radius 2 is 0.696 bits per heavy atom. The molecule has 0 amide bonds. The first-order valence-corrected chi connectivity index (χ1v) is 23.8. The second-order valence-corrected chi connectivity index (χ2v) is 20.5. The van der Waals surface area contributed by atoms with Crippen LogP contribution in [0.5, 0.6) is 0 Å². The molecule has 0 heterocycles. The van der Waals surface area contributed by atoms with E-state index < -0.39 is 336 Å². The Labute approximate surface area is 456 Å². The number of benzene rings is 11. The molecule has 0 aromatic heterocycles. The van der Waals surface area contributed by atoms with Gasteiger partial charge in [0.1, 0.15) is 0 Å². The van der Waals surface area contributed by atoms with E-state index in [-0.39, 0.29) is 22.3 Å². The van der Waals surface area contributed by atoms with E-state index >= 15 is 9.13 Å². The van der Waals surface area contributed by atoms with E-state index in [4.69, 9.17) is 32.9 Å². The van der Waals surface area contributed by atoms with E-state index in [1.54, 1.807) is 0 Å². The quantitative estimate of drug-likeness (QED) is 0.142. The molecule has 13 rings (SSSR count). The summed E-state index contributed by atoms with van der Waals surface area (Å²) in [5.74, 6) is 0. The summed E-state index contributed by atoms with van der Waals surface area (Å²) >= 11 is 0. The van der Waals surface area contributed by atoms with Crippen LogP contribution in [0.3, 0.4) is 0 Å². The van der Waals surface area contributed by atoms with Crippen LogP contribution in [-0.2, 0) is 14.5 Å². The molecule has 2 aliphatic carbocycles. The predicted octanol–water partition coefficient (Wildman–Crippen LogP) is 13.8. The molecule has 11 aromatic rings. The van der Waals surface area contributed by atoms with Gasteiger partial charge in [-0.2, -0.15) is 0 Å². The lowest BCUT2D eigenvalue weighted by Crippen LogP contribution is -2.26. The summed E-state index contributed by atoms with van der Waals surface area (Å²) in [6, 6.07) is -35.9. The molecule has 11 aromatic carbocycles. The van der Waals surface area contributed by atoms with Crippen LogP contribution in [0.15, 0.2) is 266 Å². The van der Waals surface area contributed by atoms with Crippen molar-refractivity contribution in [2.24, 2.45) is 0 Å². The largest absolute Gasteiger partial charge is 0.309 e. The van der Waals surface area contributed by atoms with Crippen molar-refractivity contribution in [3.8, 4) is 44.5 Å². The van der Waals surface area contributed by atoms with Gasteiger partial charge in [-0.1, -0.05) is 254 Å². The average molecular weight is 957 g/mol. The molecular formula is C65H44O2P2. The molecule has 0 N–H and O–H groups in total. The molecule has 0 saturated carbocycles. The lowest BCUT2D eigenvalue weighted by Gasteiger charge is -2.31. The minimum atomic E-state index is -5.94. The van der Waals surface area contributed by atoms with Gasteiger partial charge in [-0.15, -0.1) is 0 Å². The minimum Gasteiger partial charge on any atom is -0.309 e. The monoisotopic (exact) mass is 957 g/mol. The van der Waals surface area contributed by atoms with Gasteiger partial charge in [-0.05, 0) is 89.7 Å². The molecule has 0 aliphatic heterocycles. The van der Waals surface area contributed by atoms with Crippen LogP contribution in [-0.4, -0.2) is 0 Å². The summed E-state index contributed by atoms with van der Waals surface area (Å²) in [6.07, 6.45) is 0. The molecule has 4 heteroatoms. The first-order chi connectivity index (χ1) is 49.8. The van der Waals surface area contributed by atoms with Crippen molar-refractivity contribution in [1.82, 2.24) is 0 Å². The first kappa shape index (κ1) is 17.9. The van der Waals surface area contributed by atoms with Gasteiger partial charge >= 0.3 is 0 Å². The molecular weight excluding hydrogens is 875 g/mol. The second kappa shape index (κ2) is 16.1. The number of rotatable bonds is 8. The van der Waals surface area contributed by atoms with Crippen LogP contribution in [0, 0.1) is 0 Å². The average Bonchev–Trinajstić information content (AvgIpc) is 1.47. The Bertz CT molecular complexity index is 5610. The van der Waals surface area contributed by atoms with Crippen molar-refractivity contribution in [2.45, 2.75) is 5.41 Å². The number of hydrogen-bond acceptors (Lipinski definition) is 2. The predicted molar refractivity (Wildman–Crippen MR) is 290 cm³/mol. The van der Waals surface area contributed by atoms with E-state index in [9.17, 15) is 19.2 Å². The van der Waals surface area contributed by atoms with E-state index in [0.29, 0.717) is 0 Å². The SMILES string of the molecule is [2H]c1c([2H])c([2H])c(P(=O)(c2c([2H])c([2H])c([2H])c([2H])c2[2H])c2c([2H])c([2H])c(-c3ccc4c(c3)C3(c5cc(-c6c([2H])c([2H])c(P(=O)(c7c([2H])c([2H])c([2H])c([2H])c7[2H])c7c([2H])c([2H])c([2H])c([2H])c7[2H])c([2H])c6[2H])ccc5-4)c4c([2H])c([2H])c([2H])c([2H])c4-c4c3c([2H])c([2H])c3c([2H])c([2H])c([2H])c([2H])c43)c([2H])c2[2H])c([2H])c1[2H]. The van der Waals surface area contributed by atoms with Gasteiger partial charge in [0, 0.05) is 31.8 Å². The molecule has 1 spiro atoms. The summed E-state index contributed by atoms with van der Waals surface area (Å²) in [5.41, 5.74) is -7.65. The fourth-order valence-electron chi connectivity index (χ4n) is 9.01. The van der Waals surface area contributed by atoms with Gasteiger partial charge in [0.25, 0.3) is 0 Å². The Balaban J connectivity index is 1.17. The van der Waals surface area contributed by atoms with E-state index in [1.165, 1.54) is 24.3 Å². The maximum Gasteiger partial charge on any atom is 0.171 e. The first-order valence-electron chi connectivity index (χ1n) is 39.4. The van der Waals surface area contributed by atoms with Crippen LogP contribution < -0.4 is 31.8 Å². The Morgan fingerprint density at radius 3 is 1.16 bits per heavy atom. The Kier molecular flexibility index (Phi) is 4.19. The van der Waals surface area contributed by atoms with Gasteiger partial charge in [-0.25, -0.2) is 0 Å². The third kappa shape index (κ3) is 6.20. The smallest absolute Gasteiger partial charge is 0.171 e. The van der Waals surface area contributed by atoms with Crippen LogP contribution in [0.2, 0.25) is 0 Å². The van der Waals surface area contributed by atoms with Gasteiger partial charge in [-0.3, -0.25) is 0 Å². The minimum absolute atomic E-state index is 0.0191. The molecule has 0 unspecified atom stereocenters. The van der Waals surface area contributed by atoms with Crippen LogP contribution in [0.4, 0.5) is 0 Å². The van der Waals surface area contributed by atoms with E-state index in [1.807, 2.05) is 0 Å². The van der Waals surface area contributed by atoms with Gasteiger partial charge in [0.2, 0.25) is 0 Å². The molecule has 2 aliphatic rings. The van der Waals surface area contributed by atoms with Crippen molar-refractivity contribution in [3.05, 3.63) is 288 Å². The molecule has 0 radical (unpaired) electrons. The van der Waals surface area contributed by atoms with Crippen molar-refractivity contribution in [2.75, 3.05) is 0 Å². The highest BCUT2D eigenvalue weighted by Gasteiger charge is 2.52. The van der Waals surface area contributed by atoms with Crippen molar-refractivity contribution in [1.29, 1.82) is 0 Å². The van der Waals surface area contributed by atoms with Crippen LogP contribution >= 0.6 is 14.3 Å². The normalized spacial score (nSPS) is 20.9. The summed E-state index contributed by atoms with van der Waals surface area (Å²) in [7, 11) is -11.9. The van der Waals surface area contributed by atoms with E-state index in [0.717, 1.165) is 12.1 Å². The van der Waals surface area contributed by atoms with Gasteiger partial charge in [0.05, 0.1) is 57.5 Å². The van der Waals surface area contributed by atoms with Crippen molar-refractivity contribution < 1.29 is 61.2 Å². The zero-order valence-electron chi connectivity index (χ0n) is 72.7. The maximum atomic E-state index is 16.7. The lowest BCUT2D eigenvalue weighted by molar-refractivity contribution is 0.591. The summed E-state index contributed by atoms with van der Waals surface area (Å²) < 4.78 is 380. The van der Waals surface area contributed by atoms with Gasteiger partial charge < -0.3 is 9.13 Å². The Hall–Kier alpha value is -7.86. The highest BCUT2D eigenvalue weighted by atomic mass is 31.2. The Morgan fingerprint density at radius 1 is 0.304 bits per heavy atom. The van der Waals surface area contributed by atoms with Crippen molar-refractivity contribution >= 4 is 56.9 Å². The molecule has 0 saturated heterocycles. The summed E-state index contributed by atoms with van der Waals surface area (Å²) in [5, 5.41) is -8.92. The van der Waals surface area contributed by atoms with Gasteiger partial charge in [0.15, 0.2) is 14.3 Å². The van der Waals surface area contributed by atoms with Crippen molar-refractivity contribution in [3.63, 3.8) is 0 Å². The van der Waals surface area contributed by atoms with E-state index in [2.05, 4.69) is 0 Å². The second-order valence-electron chi connectivity index (χ2n) is 15.3. The zero-order chi connectivity index (χ0) is 79.2. The number of hydrogen-bond donors (Lipinski definition) is 0.